The van der Waals surface area contributed by atoms with E-state index in [1.165, 1.54) is 36.8 Å². The van der Waals surface area contributed by atoms with Gasteiger partial charge in [-0.05, 0) is 56.6 Å². The molecule has 1 aromatic carbocycles. The van der Waals surface area contributed by atoms with Gasteiger partial charge in [-0.15, -0.1) is 0 Å². The minimum absolute atomic E-state index is 0.807. The lowest BCUT2D eigenvalue weighted by Gasteiger charge is -2.22. The molecule has 0 aliphatic heterocycles. The smallest absolute Gasteiger partial charge is 0.123 e. The van der Waals surface area contributed by atoms with Crippen LogP contribution in [-0.4, -0.2) is 13.2 Å². The van der Waals surface area contributed by atoms with Crippen LogP contribution in [0.5, 0.6) is 5.75 Å². The van der Waals surface area contributed by atoms with E-state index in [-0.39, 0.29) is 0 Å². The van der Waals surface area contributed by atoms with Crippen LogP contribution in [-0.2, 0) is 6.54 Å². The Labute approximate surface area is 122 Å². The molecular weight excluding hydrogens is 246 g/mol. The molecule has 2 bridgehead atoms. The number of benzene rings is 1. The molecule has 2 aliphatic carbocycles. The van der Waals surface area contributed by atoms with Crippen LogP contribution in [0.1, 0.15) is 43.7 Å². The van der Waals surface area contributed by atoms with E-state index < -0.39 is 0 Å². The fraction of sp³-hybridized carbons (Fsp3) is 0.667. The molecule has 2 nitrogen and oxygen atoms in total. The van der Waals surface area contributed by atoms with Crippen LogP contribution < -0.4 is 10.1 Å². The second kappa shape index (κ2) is 6.17. The molecule has 3 unspecified atom stereocenters. The van der Waals surface area contributed by atoms with Crippen molar-refractivity contribution in [2.24, 2.45) is 17.8 Å². The number of hydrogen-bond acceptors (Lipinski definition) is 2. The molecule has 2 saturated carbocycles. The van der Waals surface area contributed by atoms with E-state index in [1.54, 1.807) is 0 Å². The monoisotopic (exact) mass is 273 g/mol. The van der Waals surface area contributed by atoms with E-state index in [0.717, 1.165) is 43.2 Å². The molecule has 3 atom stereocenters. The Kier molecular flexibility index (Phi) is 4.30. The number of aryl methyl sites for hydroxylation is 1. The third-order valence-corrected chi connectivity index (χ3v) is 5.12. The van der Waals surface area contributed by atoms with E-state index in [2.05, 4.69) is 37.4 Å². The second-order valence-corrected chi connectivity index (χ2v) is 6.64. The van der Waals surface area contributed by atoms with Gasteiger partial charge < -0.3 is 10.1 Å². The normalized spacial score (nSPS) is 28.0. The quantitative estimate of drug-likeness (QED) is 0.848. The highest BCUT2D eigenvalue weighted by atomic mass is 16.5. The summed E-state index contributed by atoms with van der Waals surface area (Å²) in [5.41, 5.74) is 2.61. The summed E-state index contributed by atoms with van der Waals surface area (Å²) in [6.07, 6.45) is 5.78. The Balaban J connectivity index is 1.61. The highest BCUT2D eigenvalue weighted by Gasteiger charge is 2.39. The van der Waals surface area contributed by atoms with Crippen molar-refractivity contribution < 1.29 is 4.74 Å². The van der Waals surface area contributed by atoms with E-state index >= 15 is 0 Å². The zero-order chi connectivity index (χ0) is 13.9. The minimum atomic E-state index is 0.807. The van der Waals surface area contributed by atoms with Crippen LogP contribution in [0.3, 0.4) is 0 Å². The number of ether oxygens (including phenoxy) is 1. The lowest BCUT2D eigenvalue weighted by atomic mass is 9.89. The molecule has 1 aromatic rings. The summed E-state index contributed by atoms with van der Waals surface area (Å²) in [4.78, 5) is 0. The molecule has 0 saturated heterocycles. The van der Waals surface area contributed by atoms with Crippen molar-refractivity contribution in [3.05, 3.63) is 29.3 Å². The Morgan fingerprint density at radius 1 is 1.25 bits per heavy atom. The first-order chi connectivity index (χ1) is 9.76. The van der Waals surface area contributed by atoms with Crippen molar-refractivity contribution in [1.29, 1.82) is 0 Å². The number of rotatable bonds is 6. The van der Waals surface area contributed by atoms with Crippen molar-refractivity contribution >= 4 is 0 Å². The van der Waals surface area contributed by atoms with Crippen LogP contribution in [0, 0.1) is 24.7 Å². The molecule has 2 heteroatoms. The standard InChI is InChI=1S/C18H27NO/c1-3-19-11-16-8-13(2)4-7-18(16)20-12-17-10-14-5-6-15(17)9-14/h4,7-8,14-15,17,19H,3,5-6,9-12H2,1-2H3. The zero-order valence-electron chi connectivity index (χ0n) is 12.8. The first-order valence-corrected chi connectivity index (χ1v) is 8.19. The SMILES string of the molecule is CCNCc1cc(C)ccc1OCC1CC2CCC1C2. The first-order valence-electron chi connectivity index (χ1n) is 8.19. The second-order valence-electron chi connectivity index (χ2n) is 6.64. The van der Waals surface area contributed by atoms with Crippen molar-refractivity contribution in [2.75, 3.05) is 13.2 Å². The Bertz CT molecular complexity index is 457. The Morgan fingerprint density at radius 2 is 2.15 bits per heavy atom. The van der Waals surface area contributed by atoms with Gasteiger partial charge in [0.1, 0.15) is 5.75 Å². The molecule has 0 spiro atoms. The van der Waals surface area contributed by atoms with Gasteiger partial charge in [-0.3, -0.25) is 0 Å². The van der Waals surface area contributed by atoms with Crippen LogP contribution in [0.4, 0.5) is 0 Å². The summed E-state index contributed by atoms with van der Waals surface area (Å²) in [6, 6.07) is 6.56. The van der Waals surface area contributed by atoms with Gasteiger partial charge in [0.2, 0.25) is 0 Å². The topological polar surface area (TPSA) is 21.3 Å². The molecule has 2 fully saturated rings. The van der Waals surface area contributed by atoms with Gasteiger partial charge in [0, 0.05) is 12.1 Å². The average Bonchev–Trinajstić information content (AvgIpc) is 3.06. The zero-order valence-corrected chi connectivity index (χ0v) is 12.8. The number of nitrogens with one attached hydrogen (secondary N) is 1. The maximum atomic E-state index is 6.19. The van der Waals surface area contributed by atoms with E-state index in [4.69, 9.17) is 4.74 Å². The summed E-state index contributed by atoms with van der Waals surface area (Å²) in [7, 11) is 0. The molecule has 110 valence electrons. The predicted octanol–water partition coefficient (Wildman–Crippen LogP) is 3.92. The summed E-state index contributed by atoms with van der Waals surface area (Å²) in [5, 5.41) is 3.41. The average molecular weight is 273 g/mol. The summed E-state index contributed by atoms with van der Waals surface area (Å²) in [5.74, 6) is 3.84. The number of fused-ring (bicyclic) bond motifs is 2. The van der Waals surface area contributed by atoms with Gasteiger partial charge in [-0.1, -0.05) is 31.0 Å². The fourth-order valence-corrected chi connectivity index (χ4v) is 4.02. The first kappa shape index (κ1) is 13.9. The molecule has 3 rings (SSSR count). The van der Waals surface area contributed by atoms with Crippen molar-refractivity contribution in [2.45, 2.75) is 46.1 Å². The van der Waals surface area contributed by atoms with Gasteiger partial charge in [0.25, 0.3) is 0 Å². The van der Waals surface area contributed by atoms with Gasteiger partial charge >= 0.3 is 0 Å². The molecule has 20 heavy (non-hydrogen) atoms. The van der Waals surface area contributed by atoms with Gasteiger partial charge in [-0.25, -0.2) is 0 Å². The maximum Gasteiger partial charge on any atom is 0.123 e. The third-order valence-electron chi connectivity index (χ3n) is 5.12. The van der Waals surface area contributed by atoms with Gasteiger partial charge in [-0.2, -0.15) is 0 Å². The van der Waals surface area contributed by atoms with Crippen molar-refractivity contribution in [3.8, 4) is 5.75 Å². The highest BCUT2D eigenvalue weighted by molar-refractivity contribution is 5.36. The van der Waals surface area contributed by atoms with Crippen molar-refractivity contribution in [3.63, 3.8) is 0 Å². The van der Waals surface area contributed by atoms with E-state index in [9.17, 15) is 0 Å². The largest absolute Gasteiger partial charge is 0.493 e. The molecule has 0 amide bonds. The summed E-state index contributed by atoms with van der Waals surface area (Å²) < 4.78 is 6.19. The molecule has 0 radical (unpaired) electrons. The lowest BCUT2D eigenvalue weighted by Crippen LogP contribution is -2.19. The Hall–Kier alpha value is -1.02. The fourth-order valence-electron chi connectivity index (χ4n) is 4.02. The highest BCUT2D eigenvalue weighted by Crippen LogP contribution is 2.48. The van der Waals surface area contributed by atoms with Crippen LogP contribution in [0.25, 0.3) is 0 Å². The molecule has 1 N–H and O–H groups in total. The molecular formula is C18H27NO. The Morgan fingerprint density at radius 3 is 2.85 bits per heavy atom. The number of hydrogen-bond donors (Lipinski definition) is 1. The van der Waals surface area contributed by atoms with E-state index in [1.807, 2.05) is 0 Å². The predicted molar refractivity (Wildman–Crippen MR) is 83.0 cm³/mol. The lowest BCUT2D eigenvalue weighted by molar-refractivity contribution is 0.194. The van der Waals surface area contributed by atoms with Crippen LogP contribution >= 0.6 is 0 Å². The summed E-state index contributed by atoms with van der Waals surface area (Å²) in [6.45, 7) is 7.12. The maximum absolute atomic E-state index is 6.19. The molecule has 0 aromatic heterocycles. The van der Waals surface area contributed by atoms with Gasteiger partial charge in [0.05, 0.1) is 6.61 Å². The summed E-state index contributed by atoms with van der Waals surface area (Å²) >= 11 is 0. The molecule has 0 heterocycles. The minimum Gasteiger partial charge on any atom is -0.493 e. The third kappa shape index (κ3) is 3.01. The van der Waals surface area contributed by atoms with Crippen LogP contribution in [0.15, 0.2) is 18.2 Å². The van der Waals surface area contributed by atoms with Crippen LogP contribution in [0.2, 0.25) is 0 Å². The van der Waals surface area contributed by atoms with E-state index in [0.29, 0.717) is 0 Å². The van der Waals surface area contributed by atoms with Gasteiger partial charge in [0.15, 0.2) is 0 Å². The van der Waals surface area contributed by atoms with Crippen molar-refractivity contribution in [1.82, 2.24) is 5.32 Å². The molecule has 2 aliphatic rings.